The first-order chi connectivity index (χ1) is 15.2. The van der Waals surface area contributed by atoms with E-state index in [1.54, 1.807) is 22.1 Å². The Labute approximate surface area is 179 Å². The van der Waals surface area contributed by atoms with Gasteiger partial charge in [0.05, 0.1) is 11.1 Å². The third kappa shape index (κ3) is 3.84. The van der Waals surface area contributed by atoms with Crippen molar-refractivity contribution in [2.75, 3.05) is 33.0 Å². The zero-order chi connectivity index (χ0) is 21.2. The highest BCUT2D eigenvalue weighted by Gasteiger charge is 2.24. The van der Waals surface area contributed by atoms with E-state index in [2.05, 4.69) is 10.3 Å². The van der Waals surface area contributed by atoms with Gasteiger partial charge in [-0.05, 0) is 29.8 Å². The largest absolute Gasteiger partial charge is 0.454 e. The topological polar surface area (TPSA) is 84.0 Å². The number of nitrogens with one attached hydrogen (secondary N) is 1. The lowest BCUT2D eigenvalue weighted by molar-refractivity contribution is 0.0732. The van der Waals surface area contributed by atoms with Gasteiger partial charge in [0, 0.05) is 44.3 Å². The fourth-order valence-electron chi connectivity index (χ4n) is 3.93. The number of urea groups is 1. The van der Waals surface area contributed by atoms with Gasteiger partial charge in [-0.3, -0.25) is 9.78 Å². The van der Waals surface area contributed by atoms with E-state index >= 15 is 0 Å². The molecular formula is C23H22N4O4. The Morgan fingerprint density at radius 2 is 2.00 bits per heavy atom. The molecule has 8 nitrogen and oxygen atoms in total. The van der Waals surface area contributed by atoms with E-state index in [-0.39, 0.29) is 18.7 Å². The van der Waals surface area contributed by atoms with Crippen molar-refractivity contribution in [3.63, 3.8) is 0 Å². The number of pyridine rings is 1. The highest BCUT2D eigenvalue weighted by molar-refractivity contribution is 6.05. The van der Waals surface area contributed by atoms with Crippen molar-refractivity contribution in [1.29, 1.82) is 0 Å². The van der Waals surface area contributed by atoms with Gasteiger partial charge in [0.25, 0.3) is 5.91 Å². The minimum absolute atomic E-state index is 0.0951. The molecule has 1 fully saturated rings. The van der Waals surface area contributed by atoms with Crippen molar-refractivity contribution in [3.05, 3.63) is 65.9 Å². The second-order valence-corrected chi connectivity index (χ2v) is 7.51. The maximum absolute atomic E-state index is 13.6. The van der Waals surface area contributed by atoms with Crippen molar-refractivity contribution in [1.82, 2.24) is 20.1 Å². The molecule has 0 unspecified atom stereocenters. The molecule has 3 aromatic rings. The molecule has 8 heteroatoms. The zero-order valence-electron chi connectivity index (χ0n) is 16.9. The van der Waals surface area contributed by atoms with E-state index in [0.29, 0.717) is 55.3 Å². The molecule has 158 valence electrons. The summed E-state index contributed by atoms with van der Waals surface area (Å²) in [6.45, 7) is 2.72. The minimum Gasteiger partial charge on any atom is -0.454 e. The first kappa shape index (κ1) is 19.2. The normalized spacial score (nSPS) is 14.7. The van der Waals surface area contributed by atoms with E-state index < -0.39 is 0 Å². The predicted octanol–water partition coefficient (Wildman–Crippen LogP) is 2.63. The molecule has 0 bridgehead atoms. The van der Waals surface area contributed by atoms with Crippen LogP contribution in [-0.4, -0.2) is 59.7 Å². The molecular weight excluding hydrogens is 396 g/mol. The summed E-state index contributed by atoms with van der Waals surface area (Å²) >= 11 is 0. The molecule has 2 aliphatic heterocycles. The van der Waals surface area contributed by atoms with Gasteiger partial charge in [-0.15, -0.1) is 0 Å². The second-order valence-electron chi connectivity index (χ2n) is 7.51. The molecule has 2 aromatic carbocycles. The van der Waals surface area contributed by atoms with Crippen LogP contribution in [-0.2, 0) is 6.54 Å². The van der Waals surface area contributed by atoms with Crippen LogP contribution >= 0.6 is 0 Å². The SMILES string of the molecule is O=C1NCCN1CCN(Cc1ccc2c(c1)OCO2)C(=O)c1cccc2cccnc12. The minimum atomic E-state index is -0.124. The van der Waals surface area contributed by atoms with E-state index in [1.807, 2.05) is 42.5 Å². The smallest absolute Gasteiger partial charge is 0.317 e. The molecule has 3 heterocycles. The Bertz CT molecular complexity index is 1140. The molecule has 1 saturated heterocycles. The molecule has 0 saturated carbocycles. The standard InChI is InChI=1S/C23H22N4O4/c28-22(18-5-1-3-17-4-2-8-24-21(17)18)27(12-11-26-10-9-25-23(26)29)14-16-6-7-19-20(13-16)31-15-30-19/h1-8,13H,9-12,14-15H2,(H,25,29). The van der Waals surface area contributed by atoms with Crippen LogP contribution in [0.1, 0.15) is 15.9 Å². The number of fused-ring (bicyclic) bond motifs is 2. The third-order valence-corrected chi connectivity index (χ3v) is 5.55. The molecule has 3 amide bonds. The molecule has 31 heavy (non-hydrogen) atoms. The van der Waals surface area contributed by atoms with Crippen LogP contribution in [0.25, 0.3) is 10.9 Å². The number of rotatable bonds is 6. The number of carbonyl (C=O) groups is 2. The van der Waals surface area contributed by atoms with E-state index in [1.165, 1.54) is 0 Å². The third-order valence-electron chi connectivity index (χ3n) is 5.55. The Morgan fingerprint density at radius 1 is 1.13 bits per heavy atom. The predicted molar refractivity (Wildman–Crippen MR) is 114 cm³/mol. The van der Waals surface area contributed by atoms with Crippen molar-refractivity contribution >= 4 is 22.8 Å². The van der Waals surface area contributed by atoms with Crippen LogP contribution in [0.15, 0.2) is 54.7 Å². The van der Waals surface area contributed by atoms with Crippen LogP contribution in [0.5, 0.6) is 11.5 Å². The number of hydrogen-bond acceptors (Lipinski definition) is 5. The van der Waals surface area contributed by atoms with Crippen molar-refractivity contribution < 1.29 is 19.1 Å². The molecule has 2 aliphatic rings. The maximum Gasteiger partial charge on any atom is 0.317 e. The van der Waals surface area contributed by atoms with Crippen LogP contribution in [0.3, 0.4) is 0 Å². The second kappa shape index (κ2) is 8.14. The lowest BCUT2D eigenvalue weighted by Gasteiger charge is -2.26. The number of benzene rings is 2. The molecule has 0 radical (unpaired) electrons. The maximum atomic E-state index is 13.6. The summed E-state index contributed by atoms with van der Waals surface area (Å²) in [5.41, 5.74) is 2.14. The summed E-state index contributed by atoms with van der Waals surface area (Å²) in [7, 11) is 0. The van der Waals surface area contributed by atoms with Crippen LogP contribution in [0, 0.1) is 0 Å². The van der Waals surface area contributed by atoms with Gasteiger partial charge in [0.1, 0.15) is 0 Å². The van der Waals surface area contributed by atoms with Gasteiger partial charge in [0.2, 0.25) is 6.79 Å². The van der Waals surface area contributed by atoms with Crippen molar-refractivity contribution in [2.24, 2.45) is 0 Å². The summed E-state index contributed by atoms with van der Waals surface area (Å²) < 4.78 is 10.9. The average Bonchev–Trinajstić information content (AvgIpc) is 3.44. The molecule has 0 aliphatic carbocycles. The van der Waals surface area contributed by atoms with Gasteiger partial charge in [-0.2, -0.15) is 0 Å². The lowest BCUT2D eigenvalue weighted by Crippen LogP contribution is -2.39. The number of aromatic nitrogens is 1. The van der Waals surface area contributed by atoms with Crippen LogP contribution < -0.4 is 14.8 Å². The van der Waals surface area contributed by atoms with Crippen molar-refractivity contribution in [2.45, 2.75) is 6.54 Å². The summed E-state index contributed by atoms with van der Waals surface area (Å²) in [4.78, 5) is 33.5. The quantitative estimate of drug-likeness (QED) is 0.665. The number of para-hydroxylation sites is 1. The number of hydrogen-bond donors (Lipinski definition) is 1. The molecule has 0 atom stereocenters. The summed E-state index contributed by atoms with van der Waals surface area (Å²) in [6.07, 6.45) is 1.69. The first-order valence-electron chi connectivity index (χ1n) is 10.2. The fourth-order valence-corrected chi connectivity index (χ4v) is 3.93. The fraction of sp³-hybridized carbons (Fsp3) is 0.261. The number of nitrogens with zero attached hydrogens (tertiary/aromatic N) is 3. The molecule has 5 rings (SSSR count). The van der Waals surface area contributed by atoms with Gasteiger partial charge in [0.15, 0.2) is 11.5 Å². The van der Waals surface area contributed by atoms with Gasteiger partial charge in [-0.25, -0.2) is 4.79 Å². The average molecular weight is 418 g/mol. The monoisotopic (exact) mass is 418 g/mol. The Kier molecular flexibility index (Phi) is 5.03. The summed E-state index contributed by atoms with van der Waals surface area (Å²) in [5, 5.41) is 3.71. The zero-order valence-corrected chi connectivity index (χ0v) is 16.9. The highest BCUT2D eigenvalue weighted by Crippen LogP contribution is 2.33. The Hall–Kier alpha value is -3.81. The van der Waals surface area contributed by atoms with Gasteiger partial charge >= 0.3 is 6.03 Å². The Balaban J connectivity index is 1.43. The van der Waals surface area contributed by atoms with Crippen molar-refractivity contribution in [3.8, 4) is 11.5 Å². The summed E-state index contributed by atoms with van der Waals surface area (Å²) in [6, 6.07) is 15.0. The lowest BCUT2D eigenvalue weighted by atomic mass is 10.1. The van der Waals surface area contributed by atoms with E-state index in [0.717, 1.165) is 10.9 Å². The Morgan fingerprint density at radius 3 is 2.87 bits per heavy atom. The van der Waals surface area contributed by atoms with Gasteiger partial charge < -0.3 is 24.6 Å². The highest BCUT2D eigenvalue weighted by atomic mass is 16.7. The molecule has 1 N–H and O–H groups in total. The molecule has 0 spiro atoms. The van der Waals surface area contributed by atoms with E-state index in [9.17, 15) is 9.59 Å². The van der Waals surface area contributed by atoms with E-state index in [4.69, 9.17) is 9.47 Å². The summed E-state index contributed by atoms with van der Waals surface area (Å²) in [5.74, 6) is 1.26. The number of amides is 3. The molecule has 1 aromatic heterocycles. The van der Waals surface area contributed by atoms with Crippen LogP contribution in [0.4, 0.5) is 4.79 Å². The van der Waals surface area contributed by atoms with Crippen LogP contribution in [0.2, 0.25) is 0 Å². The first-order valence-corrected chi connectivity index (χ1v) is 10.2. The van der Waals surface area contributed by atoms with Gasteiger partial charge in [-0.1, -0.05) is 24.3 Å². The number of ether oxygens (including phenoxy) is 2. The number of carbonyl (C=O) groups excluding carboxylic acids is 2.